The standard InChI is InChI=1S/C59H40/c1-2-17-49-48-18-6-7-19-50(48)56-34-32-45-36-44(31-33-47(45)59(56)51(49)20-3-1)42-15-12-16-46(37-42)58-54-23-10-8-21-52(54)57(53-22-9-11-24-55(53)58)40-28-25-39(26-29-40)43-30-27-38-13-4-5-14-41(38)35-43/h1-19,21-31,33,35-37H,20,32,34H2. The molecule has 0 nitrogen and oxygen atoms in total. The summed E-state index contributed by atoms with van der Waals surface area (Å²) in [4.78, 5) is 0. The van der Waals surface area contributed by atoms with E-state index < -0.39 is 0 Å². The maximum absolute atomic E-state index is 2.47. The number of allylic oxidation sites excluding steroid dienone is 3. The predicted octanol–water partition coefficient (Wildman–Crippen LogP) is 15.9. The van der Waals surface area contributed by atoms with E-state index in [0.717, 1.165) is 19.3 Å². The van der Waals surface area contributed by atoms with Gasteiger partial charge in [0.1, 0.15) is 0 Å². The van der Waals surface area contributed by atoms with Crippen LogP contribution in [0.1, 0.15) is 22.3 Å². The molecule has 0 aliphatic heterocycles. The Morgan fingerprint density at radius 3 is 1.66 bits per heavy atom. The lowest BCUT2D eigenvalue weighted by molar-refractivity contribution is 0.946. The number of fused-ring (bicyclic) bond motifs is 11. The van der Waals surface area contributed by atoms with Gasteiger partial charge in [-0.05, 0) is 152 Å². The third-order valence-electron chi connectivity index (χ3n) is 13.0. The van der Waals surface area contributed by atoms with Crippen LogP contribution in [0, 0.1) is 0 Å². The molecule has 0 spiro atoms. The van der Waals surface area contributed by atoms with E-state index in [1.54, 1.807) is 0 Å². The van der Waals surface area contributed by atoms with Gasteiger partial charge in [0, 0.05) is 0 Å². The molecule has 2 aliphatic carbocycles. The lowest BCUT2D eigenvalue weighted by atomic mass is 9.77. The third-order valence-corrected chi connectivity index (χ3v) is 13.0. The summed E-state index contributed by atoms with van der Waals surface area (Å²) in [5, 5.41) is 10.4. The van der Waals surface area contributed by atoms with Gasteiger partial charge in [-0.3, -0.25) is 0 Å². The minimum absolute atomic E-state index is 0.954. The summed E-state index contributed by atoms with van der Waals surface area (Å²) in [6.07, 6.45) is 12.1. The lowest BCUT2D eigenvalue weighted by Crippen LogP contribution is -2.09. The van der Waals surface area contributed by atoms with Gasteiger partial charge in [0.05, 0.1) is 0 Å². The van der Waals surface area contributed by atoms with Gasteiger partial charge in [-0.2, -0.15) is 0 Å². The van der Waals surface area contributed by atoms with E-state index >= 15 is 0 Å². The van der Waals surface area contributed by atoms with Gasteiger partial charge in [-0.15, -0.1) is 0 Å². The minimum Gasteiger partial charge on any atom is -0.0801 e. The Balaban J connectivity index is 0.964. The van der Waals surface area contributed by atoms with Crippen molar-refractivity contribution in [3.8, 4) is 55.6 Å². The lowest BCUT2D eigenvalue weighted by Gasteiger charge is -2.27. The van der Waals surface area contributed by atoms with Crippen LogP contribution in [-0.4, -0.2) is 0 Å². The van der Waals surface area contributed by atoms with E-state index in [9.17, 15) is 0 Å². The molecule has 10 aromatic carbocycles. The van der Waals surface area contributed by atoms with E-state index in [4.69, 9.17) is 0 Å². The van der Waals surface area contributed by atoms with Crippen LogP contribution in [0.15, 0.2) is 200 Å². The SMILES string of the molecule is C1=CCc2c3c(c4ccccc4c2C=C1)CCc1cc(-c2cccc(-c4c5ccccc5c(-c5ccc(-c6ccc7ccccc7c6)cc5)c5ccccc45)c2)ccc1-3. The number of rotatable bonds is 4. The first-order valence-corrected chi connectivity index (χ1v) is 20.9. The molecule has 0 heterocycles. The van der Waals surface area contributed by atoms with Crippen molar-refractivity contribution < 1.29 is 0 Å². The summed E-state index contributed by atoms with van der Waals surface area (Å²) in [6, 6.07) is 68.0. The average molecular weight is 749 g/mol. The molecule has 0 amide bonds. The van der Waals surface area contributed by atoms with E-state index in [1.807, 2.05) is 0 Å². The van der Waals surface area contributed by atoms with Crippen LogP contribution in [0.25, 0.3) is 105 Å². The Kier molecular flexibility index (Phi) is 7.84. The van der Waals surface area contributed by atoms with Gasteiger partial charge in [0.15, 0.2) is 0 Å². The number of aryl methyl sites for hydroxylation is 2. The third kappa shape index (κ3) is 5.52. The molecule has 2 aliphatic rings. The molecular formula is C59H40. The van der Waals surface area contributed by atoms with Gasteiger partial charge >= 0.3 is 0 Å². The van der Waals surface area contributed by atoms with Gasteiger partial charge in [-0.1, -0.05) is 194 Å². The quantitative estimate of drug-likeness (QED) is 0.157. The highest BCUT2D eigenvalue weighted by molar-refractivity contribution is 6.21. The molecule has 10 aromatic rings. The van der Waals surface area contributed by atoms with Crippen LogP contribution >= 0.6 is 0 Å². The van der Waals surface area contributed by atoms with Crippen molar-refractivity contribution in [1.82, 2.24) is 0 Å². The summed E-state index contributed by atoms with van der Waals surface area (Å²) in [5.74, 6) is 0. The minimum atomic E-state index is 0.954. The first-order valence-electron chi connectivity index (χ1n) is 20.9. The first-order chi connectivity index (χ1) is 29.3. The Morgan fingerprint density at radius 1 is 0.322 bits per heavy atom. The Bertz CT molecular complexity index is 3330. The fraction of sp³-hybridized carbons (Fsp3) is 0.0508. The number of hydrogen-bond donors (Lipinski definition) is 0. The van der Waals surface area contributed by atoms with Crippen molar-refractivity contribution in [2.24, 2.45) is 0 Å². The topological polar surface area (TPSA) is 0 Å². The van der Waals surface area contributed by atoms with E-state index in [0.29, 0.717) is 0 Å². The largest absolute Gasteiger partial charge is 0.0801 e. The van der Waals surface area contributed by atoms with Crippen LogP contribution in [0.4, 0.5) is 0 Å². The van der Waals surface area contributed by atoms with Gasteiger partial charge in [0.2, 0.25) is 0 Å². The van der Waals surface area contributed by atoms with Gasteiger partial charge in [-0.25, -0.2) is 0 Å². The molecule has 0 atom stereocenters. The predicted molar refractivity (Wildman–Crippen MR) is 253 cm³/mol. The summed E-state index contributed by atoms with van der Waals surface area (Å²) < 4.78 is 0. The highest BCUT2D eigenvalue weighted by atomic mass is 14.3. The van der Waals surface area contributed by atoms with E-state index in [1.165, 1.54) is 121 Å². The molecule has 0 aromatic heterocycles. The Hall–Kier alpha value is -7.28. The highest BCUT2D eigenvalue weighted by Crippen LogP contribution is 2.47. The fourth-order valence-corrected chi connectivity index (χ4v) is 10.3. The van der Waals surface area contributed by atoms with Crippen molar-refractivity contribution in [3.05, 3.63) is 222 Å². The van der Waals surface area contributed by atoms with Gasteiger partial charge in [0.25, 0.3) is 0 Å². The maximum Gasteiger partial charge on any atom is -0.00262 e. The van der Waals surface area contributed by atoms with E-state index in [2.05, 4.69) is 206 Å². The molecule has 0 heteroatoms. The molecule has 0 saturated carbocycles. The molecule has 0 fully saturated rings. The number of benzene rings is 10. The second-order valence-electron chi connectivity index (χ2n) is 16.2. The normalized spacial score (nSPS) is 13.1. The highest BCUT2D eigenvalue weighted by Gasteiger charge is 2.25. The summed E-state index contributed by atoms with van der Waals surface area (Å²) in [5.41, 5.74) is 18.7. The van der Waals surface area contributed by atoms with Crippen LogP contribution in [0.3, 0.4) is 0 Å². The maximum atomic E-state index is 2.47. The fourth-order valence-electron chi connectivity index (χ4n) is 10.3. The van der Waals surface area contributed by atoms with Crippen LogP contribution in [0.5, 0.6) is 0 Å². The summed E-state index contributed by atoms with van der Waals surface area (Å²) in [6.45, 7) is 0. The molecule has 0 unspecified atom stereocenters. The molecule has 0 radical (unpaired) electrons. The number of hydrogen-bond acceptors (Lipinski definition) is 0. The average Bonchev–Trinajstić information content (AvgIpc) is 3.57. The molecule has 276 valence electrons. The second-order valence-corrected chi connectivity index (χ2v) is 16.2. The molecule has 0 N–H and O–H groups in total. The smallest absolute Gasteiger partial charge is 0.00262 e. The molecule has 0 saturated heterocycles. The van der Waals surface area contributed by atoms with Crippen LogP contribution in [0.2, 0.25) is 0 Å². The first kappa shape index (κ1) is 33.8. The molecule has 12 rings (SSSR count). The van der Waals surface area contributed by atoms with Crippen molar-refractivity contribution >= 4 is 49.2 Å². The van der Waals surface area contributed by atoms with Crippen molar-refractivity contribution in [3.63, 3.8) is 0 Å². The molecule has 59 heavy (non-hydrogen) atoms. The summed E-state index contributed by atoms with van der Waals surface area (Å²) in [7, 11) is 0. The zero-order valence-corrected chi connectivity index (χ0v) is 32.8. The monoisotopic (exact) mass is 748 g/mol. The molecule has 0 bridgehead atoms. The molecular weight excluding hydrogens is 709 g/mol. The van der Waals surface area contributed by atoms with Gasteiger partial charge < -0.3 is 0 Å². The zero-order valence-electron chi connectivity index (χ0n) is 32.8. The van der Waals surface area contributed by atoms with Crippen molar-refractivity contribution in [2.45, 2.75) is 19.3 Å². The van der Waals surface area contributed by atoms with Crippen LogP contribution < -0.4 is 0 Å². The van der Waals surface area contributed by atoms with Crippen molar-refractivity contribution in [1.29, 1.82) is 0 Å². The van der Waals surface area contributed by atoms with Crippen LogP contribution in [-0.2, 0) is 19.3 Å². The Morgan fingerprint density at radius 2 is 0.898 bits per heavy atom. The van der Waals surface area contributed by atoms with E-state index in [-0.39, 0.29) is 0 Å². The second kappa shape index (κ2) is 13.7. The zero-order chi connectivity index (χ0) is 38.9. The Labute approximate surface area is 345 Å². The van der Waals surface area contributed by atoms with Crippen molar-refractivity contribution in [2.75, 3.05) is 0 Å². The summed E-state index contributed by atoms with van der Waals surface area (Å²) >= 11 is 0.